The monoisotopic (exact) mass is 256 g/mol. The van der Waals surface area contributed by atoms with Crippen LogP contribution < -0.4 is 0 Å². The average molecular weight is 256 g/mol. The van der Waals surface area contributed by atoms with E-state index in [4.69, 9.17) is 0 Å². The van der Waals surface area contributed by atoms with Crippen LogP contribution in [0.15, 0.2) is 42.5 Å². The van der Waals surface area contributed by atoms with Gasteiger partial charge < -0.3 is 0 Å². The van der Waals surface area contributed by atoms with Gasteiger partial charge in [0.15, 0.2) is 0 Å². The predicted octanol–water partition coefficient (Wildman–Crippen LogP) is 6.33. The van der Waals surface area contributed by atoms with Crippen molar-refractivity contribution in [2.75, 3.05) is 0 Å². The predicted molar refractivity (Wildman–Crippen MR) is 88.8 cm³/mol. The molecule has 19 heavy (non-hydrogen) atoms. The van der Waals surface area contributed by atoms with Crippen LogP contribution in [0.1, 0.15) is 44.4 Å². The first kappa shape index (κ1) is 17.4. The topological polar surface area (TPSA) is 0 Å². The standard InChI is InChI=1S/C15H16.2C2H6/c1-11-5-4-6-14(9-11)15-8-7-12(2)13(3)10-15;2*1-2/h4-10H,1-3H3;2*1-2H3. The minimum Gasteiger partial charge on any atom is -0.0683 e. The van der Waals surface area contributed by atoms with Crippen LogP contribution in [0.25, 0.3) is 11.1 Å². The van der Waals surface area contributed by atoms with Gasteiger partial charge in [0, 0.05) is 0 Å². The molecular weight excluding hydrogens is 228 g/mol. The van der Waals surface area contributed by atoms with Gasteiger partial charge in [-0.1, -0.05) is 75.7 Å². The van der Waals surface area contributed by atoms with Gasteiger partial charge in [0.05, 0.1) is 0 Å². The first-order valence-corrected chi connectivity index (χ1v) is 7.31. The maximum absolute atomic E-state index is 2.25. The quantitative estimate of drug-likeness (QED) is 0.559. The fraction of sp³-hybridized carbons (Fsp3) is 0.368. The Morgan fingerprint density at radius 1 is 0.579 bits per heavy atom. The molecule has 2 aromatic rings. The van der Waals surface area contributed by atoms with Gasteiger partial charge in [-0.3, -0.25) is 0 Å². The van der Waals surface area contributed by atoms with Crippen LogP contribution in [0.3, 0.4) is 0 Å². The van der Waals surface area contributed by atoms with Crippen molar-refractivity contribution < 1.29 is 0 Å². The highest BCUT2D eigenvalue weighted by Crippen LogP contribution is 2.22. The van der Waals surface area contributed by atoms with E-state index in [0.29, 0.717) is 0 Å². The van der Waals surface area contributed by atoms with E-state index in [0.717, 1.165) is 0 Å². The highest BCUT2D eigenvalue weighted by molar-refractivity contribution is 5.65. The molecule has 0 fully saturated rings. The van der Waals surface area contributed by atoms with E-state index in [9.17, 15) is 0 Å². The van der Waals surface area contributed by atoms with E-state index in [2.05, 4.69) is 63.2 Å². The molecule has 0 bridgehead atoms. The second-order valence-corrected chi connectivity index (χ2v) is 4.17. The average Bonchev–Trinajstić information content (AvgIpc) is 2.46. The number of aryl methyl sites for hydroxylation is 3. The molecule has 0 saturated heterocycles. The van der Waals surface area contributed by atoms with E-state index >= 15 is 0 Å². The van der Waals surface area contributed by atoms with Gasteiger partial charge in [0.25, 0.3) is 0 Å². The lowest BCUT2D eigenvalue weighted by atomic mass is 9.99. The van der Waals surface area contributed by atoms with Crippen LogP contribution in [-0.2, 0) is 0 Å². The van der Waals surface area contributed by atoms with E-state index < -0.39 is 0 Å². The second kappa shape index (κ2) is 9.38. The van der Waals surface area contributed by atoms with Gasteiger partial charge >= 0.3 is 0 Å². The molecule has 0 radical (unpaired) electrons. The first-order valence-electron chi connectivity index (χ1n) is 7.31. The molecule has 0 aromatic heterocycles. The van der Waals surface area contributed by atoms with Crippen molar-refractivity contribution in [2.45, 2.75) is 48.5 Å². The van der Waals surface area contributed by atoms with Crippen LogP contribution in [0.5, 0.6) is 0 Å². The van der Waals surface area contributed by atoms with Crippen molar-refractivity contribution in [3.8, 4) is 11.1 Å². The minimum absolute atomic E-state index is 1.30. The molecule has 0 aliphatic heterocycles. The third-order valence-electron chi connectivity index (χ3n) is 2.86. The Balaban J connectivity index is 0.000000741. The number of rotatable bonds is 1. The molecule has 0 N–H and O–H groups in total. The van der Waals surface area contributed by atoms with Gasteiger partial charge in [-0.15, -0.1) is 0 Å². The van der Waals surface area contributed by atoms with E-state index in [-0.39, 0.29) is 0 Å². The largest absolute Gasteiger partial charge is 0.0683 e. The van der Waals surface area contributed by atoms with Crippen molar-refractivity contribution in [3.05, 3.63) is 59.2 Å². The molecule has 0 amide bonds. The number of benzene rings is 2. The molecule has 0 spiro atoms. The fourth-order valence-electron chi connectivity index (χ4n) is 1.75. The SMILES string of the molecule is CC.CC.Cc1cccc(-c2ccc(C)c(C)c2)c1. The Kier molecular flexibility index (Phi) is 8.61. The number of hydrogen-bond donors (Lipinski definition) is 0. The zero-order valence-electron chi connectivity index (χ0n) is 13.5. The summed E-state index contributed by atoms with van der Waals surface area (Å²) in [6.07, 6.45) is 0. The Morgan fingerprint density at radius 2 is 1.16 bits per heavy atom. The summed E-state index contributed by atoms with van der Waals surface area (Å²) in [5, 5.41) is 0. The fourth-order valence-corrected chi connectivity index (χ4v) is 1.75. The van der Waals surface area contributed by atoms with E-state index in [1.165, 1.54) is 27.8 Å². The van der Waals surface area contributed by atoms with Gasteiger partial charge in [-0.2, -0.15) is 0 Å². The Hall–Kier alpha value is -1.56. The van der Waals surface area contributed by atoms with Crippen LogP contribution in [0.4, 0.5) is 0 Å². The summed E-state index contributed by atoms with van der Waals surface area (Å²) in [6.45, 7) is 14.4. The van der Waals surface area contributed by atoms with E-state index in [1.807, 2.05) is 27.7 Å². The number of hydrogen-bond acceptors (Lipinski definition) is 0. The molecule has 104 valence electrons. The van der Waals surface area contributed by atoms with Crippen LogP contribution in [0, 0.1) is 20.8 Å². The molecule has 2 aromatic carbocycles. The lowest BCUT2D eigenvalue weighted by Gasteiger charge is -2.06. The van der Waals surface area contributed by atoms with Gasteiger partial charge in [0.2, 0.25) is 0 Å². The molecule has 0 unspecified atom stereocenters. The third-order valence-corrected chi connectivity index (χ3v) is 2.86. The van der Waals surface area contributed by atoms with Crippen molar-refractivity contribution in [1.82, 2.24) is 0 Å². The maximum atomic E-state index is 2.25. The van der Waals surface area contributed by atoms with Crippen molar-refractivity contribution in [2.24, 2.45) is 0 Å². The lowest BCUT2D eigenvalue weighted by molar-refractivity contribution is 1.34. The summed E-state index contributed by atoms with van der Waals surface area (Å²) in [5.41, 5.74) is 6.63. The first-order chi connectivity index (χ1) is 9.16. The Labute approximate surface area is 119 Å². The van der Waals surface area contributed by atoms with Crippen LogP contribution in [0.2, 0.25) is 0 Å². The van der Waals surface area contributed by atoms with Crippen LogP contribution in [-0.4, -0.2) is 0 Å². The summed E-state index contributed by atoms with van der Waals surface area (Å²) in [6, 6.07) is 15.3. The van der Waals surface area contributed by atoms with Gasteiger partial charge in [-0.25, -0.2) is 0 Å². The van der Waals surface area contributed by atoms with Crippen molar-refractivity contribution >= 4 is 0 Å². The summed E-state index contributed by atoms with van der Waals surface area (Å²) in [4.78, 5) is 0. The molecular formula is C19H28. The maximum Gasteiger partial charge on any atom is -0.0181 e. The summed E-state index contributed by atoms with van der Waals surface area (Å²) in [7, 11) is 0. The molecule has 0 saturated carbocycles. The lowest BCUT2D eigenvalue weighted by Crippen LogP contribution is -1.84. The molecule has 0 aliphatic rings. The third kappa shape index (κ3) is 5.30. The molecule has 0 atom stereocenters. The summed E-state index contributed by atoms with van der Waals surface area (Å²) >= 11 is 0. The molecule has 0 heteroatoms. The van der Waals surface area contributed by atoms with Gasteiger partial charge in [0.1, 0.15) is 0 Å². The molecule has 2 rings (SSSR count). The molecule has 0 aliphatic carbocycles. The Morgan fingerprint density at radius 3 is 1.68 bits per heavy atom. The highest BCUT2D eigenvalue weighted by atomic mass is 14.0. The second-order valence-electron chi connectivity index (χ2n) is 4.17. The summed E-state index contributed by atoms with van der Waals surface area (Å²) in [5.74, 6) is 0. The Bertz CT molecular complexity index is 481. The van der Waals surface area contributed by atoms with Gasteiger partial charge in [-0.05, 0) is 43.0 Å². The van der Waals surface area contributed by atoms with Crippen molar-refractivity contribution in [3.63, 3.8) is 0 Å². The highest BCUT2D eigenvalue weighted by Gasteiger charge is 1.99. The zero-order chi connectivity index (χ0) is 14.8. The zero-order valence-corrected chi connectivity index (χ0v) is 13.5. The summed E-state index contributed by atoms with van der Waals surface area (Å²) < 4.78 is 0. The molecule has 0 nitrogen and oxygen atoms in total. The van der Waals surface area contributed by atoms with Crippen molar-refractivity contribution in [1.29, 1.82) is 0 Å². The molecule has 0 heterocycles. The minimum atomic E-state index is 1.30. The van der Waals surface area contributed by atoms with Crippen LogP contribution >= 0.6 is 0 Å². The smallest absolute Gasteiger partial charge is 0.0181 e. The normalized spacial score (nSPS) is 8.79. The van der Waals surface area contributed by atoms with E-state index in [1.54, 1.807) is 0 Å².